The Hall–Kier alpha value is -1.26. The van der Waals surface area contributed by atoms with Crippen molar-refractivity contribution in [2.75, 3.05) is 26.9 Å². The third-order valence-corrected chi connectivity index (χ3v) is 3.79. The van der Waals surface area contributed by atoms with Gasteiger partial charge in [0.25, 0.3) is 0 Å². The van der Waals surface area contributed by atoms with Crippen LogP contribution in [0, 0.1) is 0 Å². The molecule has 1 aromatic carbocycles. The van der Waals surface area contributed by atoms with Crippen molar-refractivity contribution >= 4 is 0 Å². The van der Waals surface area contributed by atoms with Gasteiger partial charge in [-0.15, -0.1) is 0 Å². The first kappa shape index (κ1) is 16.1. The molecular formula is C17H27NO3. The summed E-state index contributed by atoms with van der Waals surface area (Å²) in [6, 6.07) is 6.39. The standard InChI is InChI=1S/C17H27NO3/c1-4-6-15(19-3)17(18-9-5-2)13-7-8-14-16(12-13)21-11-10-20-14/h7-8,12,15,17-18H,4-6,9-11H2,1-3H3. The average Bonchev–Trinajstić information content (AvgIpc) is 2.54. The fourth-order valence-electron chi connectivity index (χ4n) is 2.72. The molecule has 0 saturated carbocycles. The maximum absolute atomic E-state index is 5.71. The summed E-state index contributed by atoms with van der Waals surface area (Å²) in [6.45, 7) is 6.58. The number of nitrogens with one attached hydrogen (secondary N) is 1. The molecule has 118 valence electrons. The normalized spacial score (nSPS) is 16.5. The monoisotopic (exact) mass is 293 g/mol. The number of fused-ring (bicyclic) bond motifs is 1. The second kappa shape index (κ2) is 8.25. The highest BCUT2D eigenvalue weighted by Gasteiger charge is 2.23. The van der Waals surface area contributed by atoms with Crippen LogP contribution in [0.3, 0.4) is 0 Å². The minimum atomic E-state index is 0.170. The lowest BCUT2D eigenvalue weighted by Crippen LogP contribution is -2.34. The number of rotatable bonds is 8. The van der Waals surface area contributed by atoms with Gasteiger partial charge >= 0.3 is 0 Å². The summed E-state index contributed by atoms with van der Waals surface area (Å²) in [5, 5.41) is 3.61. The lowest BCUT2D eigenvalue weighted by atomic mass is 9.97. The Kier molecular flexibility index (Phi) is 6.33. The molecule has 0 fully saturated rings. The van der Waals surface area contributed by atoms with Crippen LogP contribution < -0.4 is 14.8 Å². The van der Waals surface area contributed by atoms with Gasteiger partial charge in [-0.1, -0.05) is 26.3 Å². The van der Waals surface area contributed by atoms with Gasteiger partial charge in [-0.25, -0.2) is 0 Å². The predicted molar refractivity (Wildman–Crippen MR) is 84.2 cm³/mol. The van der Waals surface area contributed by atoms with Gasteiger partial charge in [0.15, 0.2) is 11.5 Å². The van der Waals surface area contributed by atoms with Crippen molar-refractivity contribution in [3.8, 4) is 11.5 Å². The zero-order valence-electron chi connectivity index (χ0n) is 13.4. The molecule has 4 heteroatoms. The molecule has 0 bridgehead atoms. The Morgan fingerprint density at radius 1 is 1.14 bits per heavy atom. The van der Waals surface area contributed by atoms with Crippen molar-refractivity contribution in [1.82, 2.24) is 5.32 Å². The van der Waals surface area contributed by atoms with E-state index in [4.69, 9.17) is 14.2 Å². The first-order valence-corrected chi connectivity index (χ1v) is 7.95. The smallest absolute Gasteiger partial charge is 0.161 e. The SMILES string of the molecule is CCCNC(c1ccc2c(c1)OCCO2)C(CCC)OC. The molecule has 1 aliphatic rings. The molecule has 2 unspecified atom stereocenters. The summed E-state index contributed by atoms with van der Waals surface area (Å²) in [7, 11) is 1.79. The summed E-state index contributed by atoms with van der Waals surface area (Å²) < 4.78 is 17.0. The second-order valence-electron chi connectivity index (χ2n) is 5.40. The van der Waals surface area contributed by atoms with E-state index in [9.17, 15) is 0 Å². The number of methoxy groups -OCH3 is 1. The van der Waals surface area contributed by atoms with E-state index in [0.29, 0.717) is 13.2 Å². The van der Waals surface area contributed by atoms with Crippen molar-refractivity contribution in [3.05, 3.63) is 23.8 Å². The molecule has 0 aliphatic carbocycles. The van der Waals surface area contributed by atoms with Crippen LogP contribution in [0.4, 0.5) is 0 Å². The van der Waals surface area contributed by atoms with Gasteiger partial charge in [-0.05, 0) is 37.1 Å². The topological polar surface area (TPSA) is 39.7 Å². The highest BCUT2D eigenvalue weighted by molar-refractivity contribution is 5.44. The van der Waals surface area contributed by atoms with E-state index in [0.717, 1.165) is 37.3 Å². The molecule has 0 amide bonds. The van der Waals surface area contributed by atoms with Gasteiger partial charge < -0.3 is 19.5 Å². The van der Waals surface area contributed by atoms with Crippen LogP contribution in [0.1, 0.15) is 44.7 Å². The molecule has 0 aromatic heterocycles. The Morgan fingerprint density at radius 2 is 1.90 bits per heavy atom. The Bertz CT molecular complexity index is 436. The number of benzene rings is 1. The quantitative estimate of drug-likeness (QED) is 0.798. The zero-order valence-corrected chi connectivity index (χ0v) is 13.4. The Balaban J connectivity index is 2.22. The van der Waals surface area contributed by atoms with Crippen LogP contribution in [0.15, 0.2) is 18.2 Å². The second-order valence-corrected chi connectivity index (χ2v) is 5.40. The van der Waals surface area contributed by atoms with Crippen LogP contribution in [0.5, 0.6) is 11.5 Å². The fraction of sp³-hybridized carbons (Fsp3) is 0.647. The summed E-state index contributed by atoms with van der Waals surface area (Å²) in [5.41, 5.74) is 1.20. The van der Waals surface area contributed by atoms with Gasteiger partial charge in [0.2, 0.25) is 0 Å². The van der Waals surface area contributed by atoms with Crippen molar-refractivity contribution in [1.29, 1.82) is 0 Å². The highest BCUT2D eigenvalue weighted by atomic mass is 16.6. The van der Waals surface area contributed by atoms with E-state index in [1.54, 1.807) is 7.11 Å². The molecular weight excluding hydrogens is 266 g/mol. The highest BCUT2D eigenvalue weighted by Crippen LogP contribution is 2.34. The number of hydrogen-bond acceptors (Lipinski definition) is 4. The van der Waals surface area contributed by atoms with Crippen LogP contribution in [-0.4, -0.2) is 33.0 Å². The van der Waals surface area contributed by atoms with E-state index < -0.39 is 0 Å². The van der Waals surface area contributed by atoms with Gasteiger partial charge in [0.1, 0.15) is 13.2 Å². The summed E-state index contributed by atoms with van der Waals surface area (Å²) in [4.78, 5) is 0. The van der Waals surface area contributed by atoms with E-state index in [1.807, 2.05) is 6.07 Å². The van der Waals surface area contributed by atoms with E-state index in [2.05, 4.69) is 31.3 Å². The summed E-state index contributed by atoms with van der Waals surface area (Å²) in [6.07, 6.45) is 3.41. The zero-order chi connectivity index (χ0) is 15.1. The molecule has 4 nitrogen and oxygen atoms in total. The molecule has 0 spiro atoms. The first-order valence-electron chi connectivity index (χ1n) is 7.95. The molecule has 1 heterocycles. The fourth-order valence-corrected chi connectivity index (χ4v) is 2.72. The molecule has 0 radical (unpaired) electrons. The number of ether oxygens (including phenoxy) is 3. The Labute approximate surface area is 127 Å². The molecule has 1 N–H and O–H groups in total. The van der Waals surface area contributed by atoms with Crippen LogP contribution in [0.25, 0.3) is 0 Å². The van der Waals surface area contributed by atoms with Crippen molar-refractivity contribution in [3.63, 3.8) is 0 Å². The average molecular weight is 293 g/mol. The van der Waals surface area contributed by atoms with E-state index in [-0.39, 0.29) is 12.1 Å². The predicted octanol–water partition coefficient (Wildman–Crippen LogP) is 3.31. The third-order valence-electron chi connectivity index (χ3n) is 3.79. The van der Waals surface area contributed by atoms with Crippen LogP contribution in [-0.2, 0) is 4.74 Å². The molecule has 1 aliphatic heterocycles. The molecule has 2 atom stereocenters. The van der Waals surface area contributed by atoms with Gasteiger partial charge in [-0.3, -0.25) is 0 Å². The molecule has 2 rings (SSSR count). The minimum Gasteiger partial charge on any atom is -0.486 e. The largest absolute Gasteiger partial charge is 0.486 e. The van der Waals surface area contributed by atoms with Crippen LogP contribution in [0.2, 0.25) is 0 Å². The molecule has 1 aromatic rings. The van der Waals surface area contributed by atoms with Gasteiger partial charge in [0.05, 0.1) is 12.1 Å². The third kappa shape index (κ3) is 4.11. The van der Waals surface area contributed by atoms with Gasteiger partial charge in [0, 0.05) is 7.11 Å². The lowest BCUT2D eigenvalue weighted by molar-refractivity contribution is 0.0604. The molecule has 21 heavy (non-hydrogen) atoms. The first-order chi connectivity index (χ1) is 10.3. The molecule has 0 saturated heterocycles. The minimum absolute atomic E-state index is 0.170. The van der Waals surface area contributed by atoms with E-state index in [1.165, 1.54) is 5.56 Å². The lowest BCUT2D eigenvalue weighted by Gasteiger charge is -2.28. The Morgan fingerprint density at radius 3 is 2.57 bits per heavy atom. The maximum Gasteiger partial charge on any atom is 0.161 e. The van der Waals surface area contributed by atoms with Crippen molar-refractivity contribution in [2.24, 2.45) is 0 Å². The van der Waals surface area contributed by atoms with Crippen LogP contribution >= 0.6 is 0 Å². The summed E-state index contributed by atoms with van der Waals surface area (Å²) >= 11 is 0. The summed E-state index contributed by atoms with van der Waals surface area (Å²) in [5.74, 6) is 1.68. The number of hydrogen-bond donors (Lipinski definition) is 1. The van der Waals surface area contributed by atoms with Crippen molar-refractivity contribution in [2.45, 2.75) is 45.3 Å². The van der Waals surface area contributed by atoms with Gasteiger partial charge in [-0.2, -0.15) is 0 Å². The maximum atomic E-state index is 5.71. The van der Waals surface area contributed by atoms with Crippen molar-refractivity contribution < 1.29 is 14.2 Å². The van der Waals surface area contributed by atoms with E-state index >= 15 is 0 Å².